The highest BCUT2D eigenvalue weighted by Gasteiger charge is 2.27. The van der Waals surface area contributed by atoms with Crippen LogP contribution in [0.1, 0.15) is 65.4 Å². The highest BCUT2D eigenvalue weighted by atomic mass is 32.2. The van der Waals surface area contributed by atoms with Crippen molar-refractivity contribution in [3.63, 3.8) is 0 Å². The molecule has 0 atom stereocenters. The molecule has 1 rings (SSSR count). The summed E-state index contributed by atoms with van der Waals surface area (Å²) in [6.07, 6.45) is 5.11. The molecule has 0 amide bonds. The molecule has 0 unspecified atom stereocenters. The van der Waals surface area contributed by atoms with Crippen LogP contribution in [0, 0.1) is 0 Å². The lowest BCUT2D eigenvalue weighted by Crippen LogP contribution is -2.39. The van der Waals surface area contributed by atoms with Crippen molar-refractivity contribution in [2.24, 2.45) is 0 Å². The molecule has 1 aromatic rings. The first-order valence-electron chi connectivity index (χ1n) is 9.68. The minimum Gasteiger partial charge on any atom is -0.494 e. The summed E-state index contributed by atoms with van der Waals surface area (Å²) in [6.45, 7) is 10.3. The van der Waals surface area contributed by atoms with Gasteiger partial charge in [-0.1, -0.05) is 31.9 Å². The molecule has 0 spiro atoms. The SMILES string of the molecule is CCCCOc1cccc(CNCCCCCNS(=O)(=O)C(C)(C)C)c1. The number of unbranched alkanes of at least 4 members (excludes halogenated alkanes) is 3. The zero-order valence-corrected chi connectivity index (χ0v) is 17.6. The molecule has 0 heterocycles. The van der Waals surface area contributed by atoms with Gasteiger partial charge in [0.1, 0.15) is 5.75 Å². The molecular weight excluding hydrogens is 348 g/mol. The Bertz CT molecular complexity index is 610. The van der Waals surface area contributed by atoms with E-state index in [0.717, 1.165) is 57.6 Å². The number of ether oxygens (including phenoxy) is 1. The summed E-state index contributed by atoms with van der Waals surface area (Å²) in [5.74, 6) is 0.934. The molecule has 1 aromatic carbocycles. The second-order valence-electron chi connectivity index (χ2n) is 7.60. The lowest BCUT2D eigenvalue weighted by atomic mass is 10.2. The van der Waals surface area contributed by atoms with Crippen LogP contribution in [0.2, 0.25) is 0 Å². The van der Waals surface area contributed by atoms with Crippen LogP contribution in [0.3, 0.4) is 0 Å². The van der Waals surface area contributed by atoms with Crippen molar-refractivity contribution < 1.29 is 13.2 Å². The molecule has 0 aromatic heterocycles. The number of sulfonamides is 1. The standard InChI is InChI=1S/C20H36N2O3S/c1-5-6-15-25-19-12-10-11-18(16-19)17-21-13-8-7-9-14-22-26(23,24)20(2,3)4/h10-12,16,21-22H,5-9,13-15,17H2,1-4H3. The molecule has 0 saturated carbocycles. The van der Waals surface area contributed by atoms with Crippen LogP contribution in [0.5, 0.6) is 5.75 Å². The molecule has 5 nitrogen and oxygen atoms in total. The van der Waals surface area contributed by atoms with Crippen LogP contribution >= 0.6 is 0 Å². The molecule has 0 bridgehead atoms. The molecule has 2 N–H and O–H groups in total. The van der Waals surface area contributed by atoms with Crippen molar-refractivity contribution in [1.29, 1.82) is 0 Å². The van der Waals surface area contributed by atoms with Crippen LogP contribution < -0.4 is 14.8 Å². The molecule has 0 aliphatic rings. The Morgan fingerprint density at radius 2 is 1.77 bits per heavy atom. The minimum absolute atomic E-state index is 0.511. The van der Waals surface area contributed by atoms with Gasteiger partial charge in [0.25, 0.3) is 0 Å². The van der Waals surface area contributed by atoms with E-state index in [0.29, 0.717) is 6.54 Å². The van der Waals surface area contributed by atoms with Gasteiger partial charge in [-0.15, -0.1) is 0 Å². The van der Waals surface area contributed by atoms with Crippen molar-refractivity contribution in [1.82, 2.24) is 10.0 Å². The second kappa shape index (κ2) is 11.6. The van der Waals surface area contributed by atoms with Crippen LogP contribution in [0.25, 0.3) is 0 Å². The van der Waals surface area contributed by atoms with E-state index in [9.17, 15) is 8.42 Å². The van der Waals surface area contributed by atoms with Gasteiger partial charge in [0.2, 0.25) is 10.0 Å². The van der Waals surface area contributed by atoms with Crippen LogP contribution in [-0.2, 0) is 16.6 Å². The Morgan fingerprint density at radius 1 is 1.04 bits per heavy atom. The van der Waals surface area contributed by atoms with Crippen LogP contribution in [0.4, 0.5) is 0 Å². The maximum Gasteiger partial charge on any atom is 0.216 e. The number of hydrogen-bond donors (Lipinski definition) is 2. The number of benzene rings is 1. The zero-order chi connectivity index (χ0) is 19.5. The Hall–Kier alpha value is -1.11. The van der Waals surface area contributed by atoms with Crippen molar-refractivity contribution in [2.45, 2.75) is 71.1 Å². The van der Waals surface area contributed by atoms with E-state index in [4.69, 9.17) is 4.74 Å². The normalized spacial score (nSPS) is 12.3. The third kappa shape index (κ3) is 9.01. The predicted octanol–water partition coefficient (Wildman–Crippen LogP) is 3.84. The largest absolute Gasteiger partial charge is 0.494 e. The lowest BCUT2D eigenvalue weighted by Gasteiger charge is -2.19. The third-order valence-electron chi connectivity index (χ3n) is 4.12. The van der Waals surface area contributed by atoms with E-state index in [1.54, 1.807) is 20.8 Å². The van der Waals surface area contributed by atoms with Crippen molar-refractivity contribution in [2.75, 3.05) is 19.7 Å². The highest BCUT2D eigenvalue weighted by molar-refractivity contribution is 7.90. The van der Waals surface area contributed by atoms with E-state index >= 15 is 0 Å². The summed E-state index contributed by atoms with van der Waals surface area (Å²) >= 11 is 0. The van der Waals surface area contributed by atoms with Gasteiger partial charge in [-0.2, -0.15) is 0 Å². The number of nitrogens with one attached hydrogen (secondary N) is 2. The Labute approximate surface area is 160 Å². The van der Waals surface area contributed by atoms with Crippen LogP contribution in [0.15, 0.2) is 24.3 Å². The van der Waals surface area contributed by atoms with Gasteiger partial charge in [0, 0.05) is 13.1 Å². The van der Waals surface area contributed by atoms with E-state index in [1.807, 2.05) is 12.1 Å². The van der Waals surface area contributed by atoms with Gasteiger partial charge in [-0.3, -0.25) is 0 Å². The smallest absolute Gasteiger partial charge is 0.216 e. The quantitative estimate of drug-likeness (QED) is 0.507. The molecule has 0 fully saturated rings. The van der Waals surface area contributed by atoms with Gasteiger partial charge < -0.3 is 10.1 Å². The first-order valence-corrected chi connectivity index (χ1v) is 11.2. The molecule has 0 aliphatic carbocycles. The summed E-state index contributed by atoms with van der Waals surface area (Å²) in [4.78, 5) is 0. The summed E-state index contributed by atoms with van der Waals surface area (Å²) in [7, 11) is -3.22. The Morgan fingerprint density at radius 3 is 2.46 bits per heavy atom. The zero-order valence-electron chi connectivity index (χ0n) is 16.8. The second-order valence-corrected chi connectivity index (χ2v) is 10.1. The van der Waals surface area contributed by atoms with Crippen molar-refractivity contribution in [3.05, 3.63) is 29.8 Å². The molecule has 26 heavy (non-hydrogen) atoms. The van der Waals surface area contributed by atoms with Crippen molar-refractivity contribution >= 4 is 10.0 Å². The molecule has 0 radical (unpaired) electrons. The number of rotatable bonds is 13. The first-order chi connectivity index (χ1) is 12.3. The summed E-state index contributed by atoms with van der Waals surface area (Å²) < 4.78 is 31.5. The molecular formula is C20H36N2O3S. The van der Waals surface area contributed by atoms with Crippen molar-refractivity contribution in [3.8, 4) is 5.75 Å². The average Bonchev–Trinajstić information content (AvgIpc) is 2.57. The van der Waals surface area contributed by atoms with E-state index in [2.05, 4.69) is 29.1 Å². The Kier molecular flexibility index (Phi) is 10.2. The molecule has 150 valence electrons. The summed E-state index contributed by atoms with van der Waals surface area (Å²) in [5, 5.41) is 3.43. The maximum absolute atomic E-state index is 11.9. The minimum atomic E-state index is -3.22. The monoisotopic (exact) mass is 384 g/mol. The van der Waals surface area contributed by atoms with Gasteiger partial charge >= 0.3 is 0 Å². The number of hydrogen-bond acceptors (Lipinski definition) is 4. The van der Waals surface area contributed by atoms with Crippen LogP contribution in [-0.4, -0.2) is 32.9 Å². The van der Waals surface area contributed by atoms with Gasteiger partial charge in [-0.05, 0) is 64.3 Å². The fourth-order valence-corrected chi connectivity index (χ4v) is 3.13. The highest BCUT2D eigenvalue weighted by Crippen LogP contribution is 2.14. The molecule has 0 saturated heterocycles. The fourth-order valence-electron chi connectivity index (χ4n) is 2.29. The van der Waals surface area contributed by atoms with Gasteiger partial charge in [0.15, 0.2) is 0 Å². The maximum atomic E-state index is 11.9. The third-order valence-corrected chi connectivity index (χ3v) is 6.32. The molecule has 6 heteroatoms. The summed E-state index contributed by atoms with van der Waals surface area (Å²) in [5.41, 5.74) is 1.22. The lowest BCUT2D eigenvalue weighted by molar-refractivity contribution is 0.309. The topological polar surface area (TPSA) is 67.4 Å². The average molecular weight is 385 g/mol. The molecule has 0 aliphatic heterocycles. The van der Waals surface area contributed by atoms with Gasteiger partial charge in [0.05, 0.1) is 11.4 Å². The van der Waals surface area contributed by atoms with E-state index in [1.165, 1.54) is 5.56 Å². The van der Waals surface area contributed by atoms with E-state index < -0.39 is 14.8 Å². The predicted molar refractivity (Wildman–Crippen MR) is 109 cm³/mol. The van der Waals surface area contributed by atoms with E-state index in [-0.39, 0.29) is 0 Å². The first kappa shape index (κ1) is 22.9. The summed E-state index contributed by atoms with van der Waals surface area (Å²) in [6, 6.07) is 8.21. The fraction of sp³-hybridized carbons (Fsp3) is 0.700. The Balaban J connectivity index is 2.13. The van der Waals surface area contributed by atoms with Gasteiger partial charge in [-0.25, -0.2) is 13.1 Å².